The number of rotatable bonds is 7. The number of para-hydroxylation sites is 1. The number of amides is 1. The minimum absolute atomic E-state index is 0.303. The van der Waals surface area contributed by atoms with Crippen LogP contribution in [-0.4, -0.2) is 33.8 Å². The van der Waals surface area contributed by atoms with Crippen LogP contribution in [0.3, 0.4) is 0 Å². The Hall–Kier alpha value is -3.78. The summed E-state index contributed by atoms with van der Waals surface area (Å²) in [6.07, 6.45) is 0. The van der Waals surface area contributed by atoms with Crippen molar-refractivity contribution in [1.29, 1.82) is 0 Å². The number of hydrogen-bond acceptors (Lipinski definition) is 7. The first kappa shape index (κ1) is 19.5. The second-order valence-electron chi connectivity index (χ2n) is 6.30. The molecule has 0 atom stereocenters. The third kappa shape index (κ3) is 4.61. The van der Waals surface area contributed by atoms with Gasteiger partial charge in [0, 0.05) is 5.56 Å². The van der Waals surface area contributed by atoms with Crippen molar-refractivity contribution in [2.45, 2.75) is 0 Å². The number of carbonyl (C=O) groups is 2. The van der Waals surface area contributed by atoms with E-state index < -0.39 is 18.5 Å². The maximum Gasteiger partial charge on any atom is 0.344 e. The molecule has 0 spiro atoms. The van der Waals surface area contributed by atoms with Gasteiger partial charge in [-0.1, -0.05) is 54.6 Å². The van der Waals surface area contributed by atoms with Gasteiger partial charge >= 0.3 is 5.97 Å². The van der Waals surface area contributed by atoms with Gasteiger partial charge in [-0.25, -0.2) is 4.79 Å². The van der Waals surface area contributed by atoms with E-state index in [1.165, 1.54) is 0 Å². The van der Waals surface area contributed by atoms with E-state index in [-0.39, 0.29) is 6.61 Å². The smallest absolute Gasteiger partial charge is 0.344 e. The first-order valence-electron chi connectivity index (χ1n) is 9.15. The molecule has 4 rings (SSSR count). The minimum Gasteiger partial charge on any atom is -0.481 e. The predicted molar refractivity (Wildman–Crippen MR) is 114 cm³/mol. The van der Waals surface area contributed by atoms with Gasteiger partial charge < -0.3 is 14.8 Å². The van der Waals surface area contributed by atoms with Crippen LogP contribution in [0.4, 0.5) is 5.69 Å². The molecule has 0 aliphatic heterocycles. The molecule has 0 bridgehead atoms. The summed E-state index contributed by atoms with van der Waals surface area (Å²) in [6, 6.07) is 22.4. The lowest BCUT2D eigenvalue weighted by molar-refractivity contribution is -0.149. The Labute approximate surface area is 176 Å². The summed E-state index contributed by atoms with van der Waals surface area (Å²) < 4.78 is 18.9. The fraction of sp³-hybridized carbons (Fsp3) is 0.0909. The molecule has 0 radical (unpaired) electrons. The Bertz CT molecular complexity index is 1180. The first-order chi connectivity index (χ1) is 14.7. The van der Waals surface area contributed by atoms with Gasteiger partial charge in [-0.3, -0.25) is 4.79 Å². The quantitative estimate of drug-likeness (QED) is 0.457. The summed E-state index contributed by atoms with van der Waals surface area (Å²) in [6.45, 7) is -0.723. The number of aromatic nitrogens is 2. The number of hydrogen-bond donors (Lipinski definition) is 1. The highest BCUT2D eigenvalue weighted by molar-refractivity contribution is 7.00. The fourth-order valence-electron chi connectivity index (χ4n) is 2.87. The molecule has 8 heteroatoms. The molecule has 30 heavy (non-hydrogen) atoms. The van der Waals surface area contributed by atoms with E-state index >= 15 is 0 Å². The van der Waals surface area contributed by atoms with E-state index in [4.69, 9.17) is 9.47 Å². The summed E-state index contributed by atoms with van der Waals surface area (Å²) in [5.74, 6) is -0.539. The van der Waals surface area contributed by atoms with Crippen LogP contribution in [-0.2, 0) is 14.3 Å². The van der Waals surface area contributed by atoms with Gasteiger partial charge in [0.05, 0.1) is 17.4 Å². The van der Waals surface area contributed by atoms with Crippen LogP contribution >= 0.6 is 11.7 Å². The van der Waals surface area contributed by atoms with Gasteiger partial charge in [0.1, 0.15) is 16.8 Å². The zero-order valence-electron chi connectivity index (χ0n) is 15.8. The highest BCUT2D eigenvalue weighted by Crippen LogP contribution is 2.29. The molecule has 0 aliphatic rings. The third-order valence-electron chi connectivity index (χ3n) is 4.24. The second-order valence-corrected chi connectivity index (χ2v) is 6.83. The molecule has 1 aromatic heterocycles. The molecular formula is C22H17N3O4S. The Kier molecular flexibility index (Phi) is 5.95. The highest BCUT2D eigenvalue weighted by Gasteiger charge is 2.13. The number of nitrogens with zero attached hydrogens (tertiary/aromatic N) is 2. The summed E-state index contributed by atoms with van der Waals surface area (Å²) in [4.78, 5) is 24.2. The summed E-state index contributed by atoms with van der Waals surface area (Å²) in [5, 5.41) is 2.68. The van der Waals surface area contributed by atoms with Gasteiger partial charge in [-0.2, -0.15) is 8.75 Å². The molecule has 0 fully saturated rings. The Morgan fingerprint density at radius 2 is 1.67 bits per heavy atom. The molecule has 0 saturated heterocycles. The second kappa shape index (κ2) is 9.15. The number of esters is 1. The molecule has 7 nitrogen and oxygen atoms in total. The van der Waals surface area contributed by atoms with Crippen LogP contribution in [0.15, 0.2) is 72.8 Å². The number of anilines is 1. The lowest BCUT2D eigenvalue weighted by Crippen LogP contribution is -2.23. The topological polar surface area (TPSA) is 90.4 Å². The minimum atomic E-state index is -0.637. The average molecular weight is 419 g/mol. The zero-order valence-corrected chi connectivity index (χ0v) is 16.6. The van der Waals surface area contributed by atoms with Crippen molar-refractivity contribution in [2.24, 2.45) is 0 Å². The van der Waals surface area contributed by atoms with Crippen LogP contribution in [0.25, 0.3) is 22.2 Å². The molecular weight excluding hydrogens is 402 g/mol. The van der Waals surface area contributed by atoms with Crippen molar-refractivity contribution >= 4 is 40.3 Å². The van der Waals surface area contributed by atoms with E-state index in [0.29, 0.717) is 22.5 Å². The Balaban J connectivity index is 1.31. The van der Waals surface area contributed by atoms with Crippen molar-refractivity contribution in [3.05, 3.63) is 72.8 Å². The van der Waals surface area contributed by atoms with Gasteiger partial charge in [0.2, 0.25) is 0 Å². The van der Waals surface area contributed by atoms with Gasteiger partial charge in [-0.05, 0) is 23.8 Å². The van der Waals surface area contributed by atoms with Crippen molar-refractivity contribution < 1.29 is 19.1 Å². The third-order valence-corrected chi connectivity index (χ3v) is 4.78. The summed E-state index contributed by atoms with van der Waals surface area (Å²) >= 11 is 1.06. The summed E-state index contributed by atoms with van der Waals surface area (Å²) in [7, 11) is 0. The Morgan fingerprint density at radius 3 is 2.53 bits per heavy atom. The number of fused-ring (bicyclic) bond motifs is 1. The van der Waals surface area contributed by atoms with Crippen LogP contribution in [0.5, 0.6) is 5.75 Å². The monoisotopic (exact) mass is 419 g/mol. The average Bonchev–Trinajstić information content (AvgIpc) is 3.27. The molecule has 1 amide bonds. The van der Waals surface area contributed by atoms with Crippen molar-refractivity contribution in [3.63, 3.8) is 0 Å². The van der Waals surface area contributed by atoms with Crippen LogP contribution in [0, 0.1) is 0 Å². The first-order valence-corrected chi connectivity index (χ1v) is 9.88. The summed E-state index contributed by atoms with van der Waals surface area (Å²) in [5.41, 5.74) is 3.67. The number of carbonyl (C=O) groups excluding carboxylic acids is 2. The fourth-order valence-corrected chi connectivity index (χ4v) is 3.42. The normalized spacial score (nSPS) is 10.5. The number of nitrogens with one attached hydrogen (secondary N) is 1. The van der Waals surface area contributed by atoms with Crippen molar-refractivity contribution in [1.82, 2.24) is 8.75 Å². The molecule has 4 aromatic rings. The van der Waals surface area contributed by atoms with Crippen molar-refractivity contribution in [3.8, 4) is 16.9 Å². The lowest BCUT2D eigenvalue weighted by Gasteiger charge is -2.11. The van der Waals surface area contributed by atoms with E-state index in [1.807, 2.05) is 48.5 Å². The molecule has 150 valence electrons. The Morgan fingerprint density at radius 1 is 0.867 bits per heavy atom. The standard InChI is InChI=1S/C22H17N3O4S/c26-20(23-17-10-6-11-18-22(17)25-30-24-18)13-29-21(27)14-28-19-12-5-4-9-16(19)15-7-2-1-3-8-15/h1-12H,13-14H2,(H,23,26). The SMILES string of the molecule is O=C(COC(=O)COc1ccccc1-c1ccccc1)Nc1cccc2nsnc12. The molecule has 1 N–H and O–H groups in total. The van der Waals surface area contributed by atoms with E-state index in [2.05, 4.69) is 14.1 Å². The molecule has 1 heterocycles. The maximum atomic E-state index is 12.1. The van der Waals surface area contributed by atoms with Gasteiger partial charge in [0.15, 0.2) is 13.2 Å². The van der Waals surface area contributed by atoms with Crippen molar-refractivity contribution in [2.75, 3.05) is 18.5 Å². The van der Waals surface area contributed by atoms with Gasteiger partial charge in [-0.15, -0.1) is 0 Å². The zero-order chi connectivity index (χ0) is 20.8. The van der Waals surface area contributed by atoms with E-state index in [9.17, 15) is 9.59 Å². The van der Waals surface area contributed by atoms with Crippen LogP contribution in [0.2, 0.25) is 0 Å². The predicted octanol–water partition coefficient (Wildman–Crippen LogP) is 3.92. The van der Waals surface area contributed by atoms with Crippen LogP contribution < -0.4 is 10.1 Å². The maximum absolute atomic E-state index is 12.1. The number of ether oxygens (including phenoxy) is 2. The molecule has 3 aromatic carbocycles. The highest BCUT2D eigenvalue weighted by atomic mass is 32.1. The number of benzene rings is 3. The lowest BCUT2D eigenvalue weighted by atomic mass is 10.1. The van der Waals surface area contributed by atoms with E-state index in [0.717, 1.165) is 22.9 Å². The largest absolute Gasteiger partial charge is 0.481 e. The molecule has 0 saturated carbocycles. The van der Waals surface area contributed by atoms with E-state index in [1.54, 1.807) is 24.3 Å². The van der Waals surface area contributed by atoms with Gasteiger partial charge in [0.25, 0.3) is 5.91 Å². The molecule has 0 unspecified atom stereocenters. The van der Waals surface area contributed by atoms with Crippen LogP contribution in [0.1, 0.15) is 0 Å². The molecule has 0 aliphatic carbocycles.